The first-order valence-corrected chi connectivity index (χ1v) is 5.52. The molecule has 0 saturated carbocycles. The standard InChI is InChI=1S/C12H11NOS/c1-8-5-3-4-6-10(8)12-9(2)15-11(7-14)13-12/h3-7H,1-2H3. The molecule has 2 rings (SSSR count). The Morgan fingerprint density at radius 2 is 2.00 bits per heavy atom. The molecule has 0 aliphatic carbocycles. The van der Waals surface area contributed by atoms with Gasteiger partial charge >= 0.3 is 0 Å². The van der Waals surface area contributed by atoms with Gasteiger partial charge in [-0.3, -0.25) is 4.79 Å². The maximum atomic E-state index is 10.6. The summed E-state index contributed by atoms with van der Waals surface area (Å²) >= 11 is 1.44. The Balaban J connectivity index is 2.58. The Labute approximate surface area is 92.6 Å². The fourth-order valence-electron chi connectivity index (χ4n) is 1.56. The minimum absolute atomic E-state index is 0.547. The number of thiazole rings is 1. The van der Waals surface area contributed by atoms with Crippen LogP contribution < -0.4 is 0 Å². The van der Waals surface area contributed by atoms with Crippen molar-refractivity contribution in [2.24, 2.45) is 0 Å². The first-order valence-electron chi connectivity index (χ1n) is 4.71. The van der Waals surface area contributed by atoms with Gasteiger partial charge in [0.05, 0.1) is 5.69 Å². The molecule has 0 fully saturated rings. The largest absolute Gasteiger partial charge is 0.295 e. The molecule has 0 aliphatic heterocycles. The lowest BCUT2D eigenvalue weighted by molar-refractivity contribution is 0.112. The van der Waals surface area contributed by atoms with E-state index in [1.807, 2.05) is 25.1 Å². The Kier molecular flexibility index (Phi) is 2.64. The summed E-state index contributed by atoms with van der Waals surface area (Å²) < 4.78 is 0. The summed E-state index contributed by atoms with van der Waals surface area (Å²) in [6, 6.07) is 8.07. The zero-order chi connectivity index (χ0) is 10.8. The minimum atomic E-state index is 0.547. The van der Waals surface area contributed by atoms with Crippen molar-refractivity contribution in [3.63, 3.8) is 0 Å². The van der Waals surface area contributed by atoms with E-state index in [0.29, 0.717) is 5.01 Å². The number of nitrogens with zero attached hydrogens (tertiary/aromatic N) is 1. The average Bonchev–Trinajstić information content (AvgIpc) is 2.60. The fourth-order valence-corrected chi connectivity index (χ4v) is 2.31. The molecule has 0 aliphatic rings. The molecule has 0 spiro atoms. The zero-order valence-corrected chi connectivity index (χ0v) is 9.47. The number of hydrogen-bond acceptors (Lipinski definition) is 3. The van der Waals surface area contributed by atoms with Gasteiger partial charge in [-0.25, -0.2) is 4.98 Å². The van der Waals surface area contributed by atoms with Crippen LogP contribution in [0.25, 0.3) is 11.3 Å². The third-order valence-corrected chi connectivity index (χ3v) is 3.21. The molecule has 2 aromatic rings. The average molecular weight is 217 g/mol. The van der Waals surface area contributed by atoms with Gasteiger partial charge in [-0.05, 0) is 19.4 Å². The lowest BCUT2D eigenvalue weighted by Crippen LogP contribution is -1.85. The van der Waals surface area contributed by atoms with Crippen LogP contribution in [0.1, 0.15) is 20.2 Å². The summed E-state index contributed by atoms with van der Waals surface area (Å²) in [5.74, 6) is 0. The quantitative estimate of drug-likeness (QED) is 0.723. The maximum Gasteiger partial charge on any atom is 0.178 e. The molecule has 0 unspecified atom stereocenters. The summed E-state index contributed by atoms with van der Waals surface area (Å²) in [5.41, 5.74) is 3.22. The van der Waals surface area contributed by atoms with Crippen LogP contribution in [0.5, 0.6) is 0 Å². The van der Waals surface area contributed by atoms with Gasteiger partial charge in [0, 0.05) is 10.4 Å². The second-order valence-electron chi connectivity index (χ2n) is 3.39. The van der Waals surface area contributed by atoms with Crippen molar-refractivity contribution < 1.29 is 4.79 Å². The summed E-state index contributed by atoms with van der Waals surface area (Å²) in [5, 5.41) is 0.547. The lowest BCUT2D eigenvalue weighted by Gasteiger charge is -2.02. The molecule has 0 saturated heterocycles. The number of aldehydes is 1. The predicted molar refractivity (Wildman–Crippen MR) is 62.4 cm³/mol. The van der Waals surface area contributed by atoms with Crippen molar-refractivity contribution in [3.05, 3.63) is 39.7 Å². The highest BCUT2D eigenvalue weighted by atomic mass is 32.1. The van der Waals surface area contributed by atoms with Crippen LogP contribution in [0.4, 0.5) is 0 Å². The minimum Gasteiger partial charge on any atom is -0.295 e. The van der Waals surface area contributed by atoms with Gasteiger partial charge in [-0.1, -0.05) is 24.3 Å². The van der Waals surface area contributed by atoms with E-state index in [2.05, 4.69) is 18.0 Å². The number of carbonyl (C=O) groups excluding carboxylic acids is 1. The molecule has 2 nitrogen and oxygen atoms in total. The molecular formula is C12H11NOS. The van der Waals surface area contributed by atoms with E-state index >= 15 is 0 Å². The van der Waals surface area contributed by atoms with Gasteiger partial charge < -0.3 is 0 Å². The smallest absolute Gasteiger partial charge is 0.178 e. The normalized spacial score (nSPS) is 10.3. The van der Waals surface area contributed by atoms with Crippen LogP contribution in [0.2, 0.25) is 0 Å². The van der Waals surface area contributed by atoms with Crippen LogP contribution in [0.15, 0.2) is 24.3 Å². The van der Waals surface area contributed by atoms with Gasteiger partial charge in [0.15, 0.2) is 11.3 Å². The first-order chi connectivity index (χ1) is 7.22. The van der Waals surface area contributed by atoms with E-state index in [1.165, 1.54) is 16.9 Å². The van der Waals surface area contributed by atoms with Crippen LogP contribution in [0.3, 0.4) is 0 Å². The van der Waals surface area contributed by atoms with Crippen molar-refractivity contribution in [2.45, 2.75) is 13.8 Å². The zero-order valence-electron chi connectivity index (χ0n) is 8.65. The predicted octanol–water partition coefficient (Wildman–Crippen LogP) is 3.24. The second kappa shape index (κ2) is 3.95. The van der Waals surface area contributed by atoms with Crippen molar-refractivity contribution in [2.75, 3.05) is 0 Å². The Morgan fingerprint density at radius 1 is 1.27 bits per heavy atom. The van der Waals surface area contributed by atoms with Crippen LogP contribution in [0, 0.1) is 13.8 Å². The van der Waals surface area contributed by atoms with E-state index in [1.54, 1.807) is 0 Å². The molecule has 0 amide bonds. The summed E-state index contributed by atoms with van der Waals surface area (Å²) in [6.45, 7) is 4.04. The molecule has 0 bridgehead atoms. The highest BCUT2D eigenvalue weighted by Crippen LogP contribution is 2.28. The van der Waals surface area contributed by atoms with E-state index in [-0.39, 0.29) is 0 Å². The first kappa shape index (κ1) is 10.1. The number of carbonyl (C=O) groups is 1. The number of hydrogen-bond donors (Lipinski definition) is 0. The molecule has 1 heterocycles. The molecule has 0 atom stereocenters. The third kappa shape index (κ3) is 1.83. The molecule has 1 aromatic carbocycles. The highest BCUT2D eigenvalue weighted by molar-refractivity contribution is 7.13. The van der Waals surface area contributed by atoms with Gasteiger partial charge in [0.1, 0.15) is 0 Å². The monoisotopic (exact) mass is 217 g/mol. The SMILES string of the molecule is Cc1ccccc1-c1nc(C=O)sc1C. The van der Waals surface area contributed by atoms with Crippen LogP contribution in [-0.4, -0.2) is 11.3 Å². The summed E-state index contributed by atoms with van der Waals surface area (Å²) in [6.07, 6.45) is 0.805. The van der Waals surface area contributed by atoms with E-state index < -0.39 is 0 Å². The molecule has 0 N–H and O–H groups in total. The Bertz CT molecular complexity index is 502. The van der Waals surface area contributed by atoms with Crippen LogP contribution >= 0.6 is 11.3 Å². The van der Waals surface area contributed by atoms with E-state index in [4.69, 9.17) is 0 Å². The van der Waals surface area contributed by atoms with Crippen molar-refractivity contribution in [3.8, 4) is 11.3 Å². The number of rotatable bonds is 2. The van der Waals surface area contributed by atoms with Crippen molar-refractivity contribution in [1.29, 1.82) is 0 Å². The summed E-state index contributed by atoms with van der Waals surface area (Å²) in [4.78, 5) is 16.0. The van der Waals surface area contributed by atoms with E-state index in [0.717, 1.165) is 22.4 Å². The lowest BCUT2D eigenvalue weighted by atomic mass is 10.1. The van der Waals surface area contributed by atoms with Crippen molar-refractivity contribution in [1.82, 2.24) is 4.98 Å². The Hall–Kier alpha value is -1.48. The topological polar surface area (TPSA) is 30.0 Å². The maximum absolute atomic E-state index is 10.6. The van der Waals surface area contributed by atoms with Gasteiger partial charge in [-0.2, -0.15) is 0 Å². The second-order valence-corrected chi connectivity index (χ2v) is 4.62. The molecule has 1 aromatic heterocycles. The number of benzene rings is 1. The van der Waals surface area contributed by atoms with Gasteiger partial charge in [-0.15, -0.1) is 11.3 Å². The number of aryl methyl sites for hydroxylation is 2. The molecule has 76 valence electrons. The summed E-state index contributed by atoms with van der Waals surface area (Å²) in [7, 11) is 0. The van der Waals surface area contributed by atoms with Gasteiger partial charge in [0.25, 0.3) is 0 Å². The van der Waals surface area contributed by atoms with Gasteiger partial charge in [0.2, 0.25) is 0 Å². The molecular weight excluding hydrogens is 206 g/mol. The van der Waals surface area contributed by atoms with Crippen LogP contribution in [-0.2, 0) is 0 Å². The molecule has 3 heteroatoms. The third-order valence-electron chi connectivity index (χ3n) is 2.31. The molecule has 15 heavy (non-hydrogen) atoms. The fraction of sp³-hybridized carbons (Fsp3) is 0.167. The van der Waals surface area contributed by atoms with E-state index in [9.17, 15) is 4.79 Å². The Morgan fingerprint density at radius 3 is 2.60 bits per heavy atom. The highest BCUT2D eigenvalue weighted by Gasteiger charge is 2.10. The molecule has 0 radical (unpaired) electrons. The van der Waals surface area contributed by atoms with Crippen molar-refractivity contribution >= 4 is 17.6 Å². The number of aromatic nitrogens is 1.